The van der Waals surface area contributed by atoms with Crippen molar-refractivity contribution >= 4 is 43.1 Å². The van der Waals surface area contributed by atoms with Gasteiger partial charge in [0, 0.05) is 28.9 Å². The molecule has 0 unspecified atom stereocenters. The molecule has 0 bridgehead atoms. The number of aromatic nitrogens is 2. The van der Waals surface area contributed by atoms with Crippen LogP contribution in [0.1, 0.15) is 0 Å². The van der Waals surface area contributed by atoms with Gasteiger partial charge in [-0.15, -0.1) is 0 Å². The summed E-state index contributed by atoms with van der Waals surface area (Å²) < 4.78 is 0. The van der Waals surface area contributed by atoms with E-state index >= 15 is 0 Å². The minimum Gasteiger partial charge on any atom is -0.252 e. The van der Waals surface area contributed by atoms with E-state index in [-0.39, 0.29) is 0 Å². The highest BCUT2D eigenvalue weighted by molar-refractivity contribution is 6.28. The van der Waals surface area contributed by atoms with Gasteiger partial charge in [0.25, 0.3) is 0 Å². The van der Waals surface area contributed by atoms with Crippen LogP contribution < -0.4 is 0 Å². The van der Waals surface area contributed by atoms with E-state index in [2.05, 4.69) is 97.1 Å². The van der Waals surface area contributed by atoms with Crippen molar-refractivity contribution in [3.63, 3.8) is 0 Å². The number of fused-ring (bicyclic) bond motifs is 7. The molecule has 8 rings (SSSR count). The largest absolute Gasteiger partial charge is 0.252 e. The Morgan fingerprint density at radius 1 is 0.441 bits per heavy atom. The van der Waals surface area contributed by atoms with Crippen molar-refractivity contribution in [1.29, 1.82) is 0 Å². The maximum atomic E-state index is 4.76. The van der Waals surface area contributed by atoms with Crippen LogP contribution >= 0.6 is 0 Å². The van der Waals surface area contributed by atoms with Crippen molar-refractivity contribution < 1.29 is 0 Å². The molecule has 1 aliphatic rings. The Bertz CT molecular complexity index is 1970. The summed E-state index contributed by atoms with van der Waals surface area (Å²) in [6.07, 6.45) is 3.59. The molecule has 0 saturated heterocycles. The van der Waals surface area contributed by atoms with Gasteiger partial charge in [-0.25, -0.2) is 0 Å². The first-order valence-electron chi connectivity index (χ1n) is 11.6. The average molecular weight is 431 g/mol. The molecule has 156 valence electrons. The molecule has 2 nitrogen and oxygen atoms in total. The maximum Gasteiger partial charge on any atom is 0.0978 e. The van der Waals surface area contributed by atoms with Gasteiger partial charge in [-0.1, -0.05) is 78.9 Å². The molecule has 0 fully saturated rings. The standard InChI is InChI=1S/C32H18N2/c1-2-7-20-17-23-18-22(13-12-21(23)16-19(20)6-1)28-24-8-3-4-9-25(24)30-29-26(28)10-5-11-27(29)31-32(30)34-15-14-33-31/h1-18H. The third kappa shape index (κ3) is 2.29. The predicted octanol–water partition coefficient (Wildman–Crippen LogP) is 8.40. The van der Waals surface area contributed by atoms with Crippen LogP contribution in [0.5, 0.6) is 0 Å². The van der Waals surface area contributed by atoms with E-state index in [4.69, 9.17) is 9.97 Å². The molecule has 0 saturated carbocycles. The van der Waals surface area contributed by atoms with Gasteiger partial charge in [-0.05, 0) is 67.0 Å². The lowest BCUT2D eigenvalue weighted by Crippen LogP contribution is -1.89. The van der Waals surface area contributed by atoms with E-state index < -0.39 is 0 Å². The van der Waals surface area contributed by atoms with Gasteiger partial charge < -0.3 is 0 Å². The van der Waals surface area contributed by atoms with Crippen molar-refractivity contribution in [3.8, 4) is 33.6 Å². The van der Waals surface area contributed by atoms with Gasteiger partial charge in [0.2, 0.25) is 0 Å². The van der Waals surface area contributed by atoms with Crippen molar-refractivity contribution in [2.75, 3.05) is 0 Å². The second kappa shape index (κ2) is 6.49. The Morgan fingerprint density at radius 2 is 1.09 bits per heavy atom. The Balaban J connectivity index is 1.52. The summed E-state index contributed by atoms with van der Waals surface area (Å²) in [6.45, 7) is 0. The van der Waals surface area contributed by atoms with Gasteiger partial charge >= 0.3 is 0 Å². The van der Waals surface area contributed by atoms with E-state index in [0.717, 1.165) is 11.4 Å². The monoisotopic (exact) mass is 430 g/mol. The molecule has 1 aliphatic carbocycles. The van der Waals surface area contributed by atoms with Crippen molar-refractivity contribution in [2.45, 2.75) is 0 Å². The zero-order valence-electron chi connectivity index (χ0n) is 18.3. The van der Waals surface area contributed by atoms with Crippen LogP contribution in [-0.2, 0) is 0 Å². The summed E-state index contributed by atoms with van der Waals surface area (Å²) in [5.74, 6) is 0. The zero-order chi connectivity index (χ0) is 22.2. The summed E-state index contributed by atoms with van der Waals surface area (Å²) in [5, 5.41) is 10.1. The van der Waals surface area contributed by atoms with Crippen molar-refractivity contribution in [1.82, 2.24) is 9.97 Å². The van der Waals surface area contributed by atoms with Crippen LogP contribution in [0.15, 0.2) is 109 Å². The molecule has 0 N–H and O–H groups in total. The third-order valence-corrected chi connectivity index (χ3v) is 7.23. The van der Waals surface area contributed by atoms with Crippen LogP contribution in [0.2, 0.25) is 0 Å². The van der Waals surface area contributed by atoms with Crippen LogP contribution in [0.3, 0.4) is 0 Å². The Hall–Kier alpha value is -4.56. The minimum atomic E-state index is 0.982. The lowest BCUT2D eigenvalue weighted by atomic mass is 9.87. The van der Waals surface area contributed by atoms with Crippen LogP contribution in [-0.4, -0.2) is 9.97 Å². The lowest BCUT2D eigenvalue weighted by Gasteiger charge is -2.15. The number of benzene rings is 6. The first-order chi connectivity index (χ1) is 16.9. The Kier molecular flexibility index (Phi) is 3.42. The first-order valence-corrected chi connectivity index (χ1v) is 11.6. The topological polar surface area (TPSA) is 25.8 Å². The zero-order valence-corrected chi connectivity index (χ0v) is 18.3. The van der Waals surface area contributed by atoms with Crippen LogP contribution in [0.4, 0.5) is 0 Å². The number of rotatable bonds is 1. The summed E-state index contributed by atoms with van der Waals surface area (Å²) in [5.41, 5.74) is 6.87. The molecule has 0 spiro atoms. The summed E-state index contributed by atoms with van der Waals surface area (Å²) in [4.78, 5) is 9.47. The molecule has 0 amide bonds. The molecular formula is C32H18N2. The quantitative estimate of drug-likeness (QED) is 0.244. The molecule has 2 heteroatoms. The fourth-order valence-electron chi connectivity index (χ4n) is 5.80. The van der Waals surface area contributed by atoms with E-state index in [1.807, 2.05) is 0 Å². The molecule has 1 aromatic heterocycles. The van der Waals surface area contributed by atoms with Crippen LogP contribution in [0.25, 0.3) is 76.7 Å². The fourth-order valence-corrected chi connectivity index (χ4v) is 5.80. The van der Waals surface area contributed by atoms with E-state index in [1.165, 1.54) is 65.3 Å². The lowest BCUT2D eigenvalue weighted by molar-refractivity contribution is 1.23. The predicted molar refractivity (Wildman–Crippen MR) is 142 cm³/mol. The second-order valence-electron chi connectivity index (χ2n) is 9.04. The van der Waals surface area contributed by atoms with E-state index in [0.29, 0.717) is 0 Å². The molecular weight excluding hydrogens is 412 g/mol. The van der Waals surface area contributed by atoms with Gasteiger partial charge in [0.15, 0.2) is 0 Å². The van der Waals surface area contributed by atoms with Gasteiger partial charge in [0.1, 0.15) is 0 Å². The second-order valence-corrected chi connectivity index (χ2v) is 9.04. The number of nitrogens with zero attached hydrogens (tertiary/aromatic N) is 2. The minimum absolute atomic E-state index is 0.982. The fraction of sp³-hybridized carbons (Fsp3) is 0. The average Bonchev–Trinajstić information content (AvgIpc) is 3.23. The van der Waals surface area contributed by atoms with Crippen LogP contribution in [0, 0.1) is 0 Å². The van der Waals surface area contributed by atoms with Gasteiger partial charge in [0.05, 0.1) is 11.4 Å². The molecule has 34 heavy (non-hydrogen) atoms. The van der Waals surface area contributed by atoms with Crippen molar-refractivity contribution in [3.05, 3.63) is 109 Å². The van der Waals surface area contributed by atoms with Gasteiger partial charge in [-0.2, -0.15) is 0 Å². The third-order valence-electron chi connectivity index (χ3n) is 7.23. The maximum absolute atomic E-state index is 4.76. The molecule has 0 aliphatic heterocycles. The number of hydrogen-bond donors (Lipinski definition) is 0. The van der Waals surface area contributed by atoms with Gasteiger partial charge in [-0.3, -0.25) is 9.97 Å². The summed E-state index contributed by atoms with van der Waals surface area (Å²) >= 11 is 0. The summed E-state index contributed by atoms with van der Waals surface area (Å²) in [7, 11) is 0. The smallest absolute Gasteiger partial charge is 0.0978 e. The van der Waals surface area contributed by atoms with E-state index in [1.54, 1.807) is 12.4 Å². The Morgan fingerprint density at radius 3 is 1.91 bits per heavy atom. The molecule has 7 aromatic rings. The molecule has 1 heterocycles. The first kappa shape index (κ1) is 17.9. The highest BCUT2D eigenvalue weighted by atomic mass is 14.8. The van der Waals surface area contributed by atoms with E-state index in [9.17, 15) is 0 Å². The highest BCUT2D eigenvalue weighted by Crippen LogP contribution is 2.52. The van der Waals surface area contributed by atoms with Crippen molar-refractivity contribution in [2.24, 2.45) is 0 Å². The number of hydrogen-bond acceptors (Lipinski definition) is 2. The highest BCUT2D eigenvalue weighted by Gasteiger charge is 2.28. The SMILES string of the molecule is c1ccc2cc3cc(-c4c5ccccc5c5c6c(cccc46)-c4nccnc4-5)ccc3cc2c1. The molecule has 6 aromatic carbocycles. The summed E-state index contributed by atoms with van der Waals surface area (Å²) in [6, 6.07) is 35.3. The Labute approximate surface area is 196 Å². The molecule has 0 radical (unpaired) electrons. The normalized spacial score (nSPS) is 12.1. The molecule has 0 atom stereocenters.